The summed E-state index contributed by atoms with van der Waals surface area (Å²) in [5.41, 5.74) is 3.72. The summed E-state index contributed by atoms with van der Waals surface area (Å²) in [5.74, 6) is 1.23. The number of nitrogens with zero attached hydrogens (tertiary/aromatic N) is 4. The summed E-state index contributed by atoms with van der Waals surface area (Å²) in [5, 5.41) is 23.4. The maximum absolute atomic E-state index is 12.9. The molecule has 0 spiro atoms. The van der Waals surface area contributed by atoms with Gasteiger partial charge >= 0.3 is 0 Å². The highest BCUT2D eigenvalue weighted by atomic mass is 32.2. The van der Waals surface area contributed by atoms with Crippen LogP contribution in [0.5, 0.6) is 5.75 Å². The van der Waals surface area contributed by atoms with Gasteiger partial charge in [0.05, 0.1) is 23.5 Å². The van der Waals surface area contributed by atoms with Gasteiger partial charge in [-0.15, -0.1) is 0 Å². The van der Waals surface area contributed by atoms with Gasteiger partial charge in [0.15, 0.2) is 0 Å². The van der Waals surface area contributed by atoms with Gasteiger partial charge in [0, 0.05) is 36.8 Å². The number of rotatable bonds is 9. The van der Waals surface area contributed by atoms with E-state index in [0.717, 1.165) is 16.7 Å². The lowest BCUT2D eigenvalue weighted by Crippen LogP contribution is -2.40. The summed E-state index contributed by atoms with van der Waals surface area (Å²) in [4.78, 5) is 6.68. The van der Waals surface area contributed by atoms with Gasteiger partial charge in [0.25, 0.3) is 5.89 Å². The summed E-state index contributed by atoms with van der Waals surface area (Å²) in [6.07, 6.45) is 2.36. The minimum atomic E-state index is -3.49. The molecule has 11 heteroatoms. The van der Waals surface area contributed by atoms with Crippen LogP contribution < -0.4 is 9.46 Å². The Hall–Kier alpha value is -3.30. The highest BCUT2D eigenvalue weighted by Gasteiger charge is 2.30. The molecule has 2 aliphatic rings. The molecule has 2 heterocycles. The Labute approximate surface area is 228 Å². The van der Waals surface area contributed by atoms with Crippen molar-refractivity contribution >= 4 is 10.0 Å². The van der Waals surface area contributed by atoms with E-state index in [1.54, 1.807) is 18.2 Å². The number of nitriles is 1. The number of nitrogens with one attached hydrogen (secondary N) is 1. The Morgan fingerprint density at radius 2 is 2.03 bits per heavy atom. The molecule has 0 bridgehead atoms. The third kappa shape index (κ3) is 6.31. The number of piperidine rings is 1. The second-order valence-electron chi connectivity index (χ2n) is 10.4. The molecule has 0 radical (unpaired) electrons. The Morgan fingerprint density at radius 1 is 1.23 bits per heavy atom. The van der Waals surface area contributed by atoms with E-state index in [9.17, 15) is 18.8 Å². The number of sulfonamides is 1. The minimum absolute atomic E-state index is 0.0223. The molecule has 5 rings (SSSR count). The number of ether oxygens (including phenoxy) is 1. The predicted molar refractivity (Wildman–Crippen MR) is 145 cm³/mol. The van der Waals surface area contributed by atoms with Crippen molar-refractivity contribution in [1.29, 1.82) is 5.26 Å². The van der Waals surface area contributed by atoms with Crippen molar-refractivity contribution in [3.05, 3.63) is 53.1 Å². The van der Waals surface area contributed by atoms with E-state index in [-0.39, 0.29) is 29.9 Å². The Kier molecular flexibility index (Phi) is 8.00. The predicted octanol–water partition coefficient (Wildman–Crippen LogP) is 3.43. The third-order valence-electron chi connectivity index (χ3n) is 7.20. The van der Waals surface area contributed by atoms with Gasteiger partial charge in [-0.25, -0.2) is 13.1 Å². The number of hydrogen-bond acceptors (Lipinski definition) is 9. The molecule has 39 heavy (non-hydrogen) atoms. The van der Waals surface area contributed by atoms with Crippen molar-refractivity contribution in [2.45, 2.75) is 57.8 Å². The first-order valence-electron chi connectivity index (χ1n) is 13.3. The second kappa shape index (κ2) is 11.4. The van der Waals surface area contributed by atoms with Crippen LogP contribution in [0.4, 0.5) is 0 Å². The molecule has 3 aromatic rings. The van der Waals surface area contributed by atoms with E-state index in [2.05, 4.69) is 25.8 Å². The molecule has 1 saturated heterocycles. The molecular formula is C28H33N5O5S. The quantitative estimate of drug-likeness (QED) is 0.409. The number of aliphatic hydroxyl groups is 1. The fraction of sp³-hybridized carbons (Fsp3) is 0.464. The lowest BCUT2D eigenvalue weighted by Gasteiger charge is -2.29. The zero-order valence-corrected chi connectivity index (χ0v) is 22.9. The lowest BCUT2D eigenvalue weighted by atomic mass is 10.0. The molecule has 1 aliphatic carbocycles. The fourth-order valence-electron chi connectivity index (χ4n) is 5.21. The van der Waals surface area contributed by atoms with Crippen LogP contribution in [0, 0.1) is 11.3 Å². The molecule has 1 atom stereocenters. The van der Waals surface area contributed by atoms with Gasteiger partial charge in [0.1, 0.15) is 11.8 Å². The number of benzene rings is 2. The van der Waals surface area contributed by atoms with Crippen molar-refractivity contribution in [2.24, 2.45) is 0 Å². The maximum atomic E-state index is 12.9. The van der Waals surface area contributed by atoms with Gasteiger partial charge in [-0.05, 0) is 68.9 Å². The molecule has 2 aromatic carbocycles. The van der Waals surface area contributed by atoms with Gasteiger partial charge in [-0.2, -0.15) is 10.2 Å². The number of aromatic nitrogens is 2. The number of likely N-dealkylation sites (tertiary alicyclic amines) is 1. The first-order chi connectivity index (χ1) is 18.7. The summed E-state index contributed by atoms with van der Waals surface area (Å²) < 4.78 is 39.9. The normalized spacial score (nSPS) is 18.3. The molecule has 0 unspecified atom stereocenters. The smallest absolute Gasteiger partial charge is 0.258 e. The molecule has 206 valence electrons. The number of hydrogen-bond donors (Lipinski definition) is 2. The van der Waals surface area contributed by atoms with Crippen molar-refractivity contribution in [3.63, 3.8) is 0 Å². The van der Waals surface area contributed by atoms with E-state index in [1.807, 2.05) is 32.0 Å². The molecule has 2 N–H and O–H groups in total. The zero-order chi connectivity index (χ0) is 27.6. The number of fused-ring (bicyclic) bond motifs is 1. The number of aliphatic hydroxyl groups excluding tert-OH is 1. The molecule has 0 saturated carbocycles. The monoisotopic (exact) mass is 551 g/mol. The molecular weight excluding hydrogens is 518 g/mol. The van der Waals surface area contributed by atoms with Gasteiger partial charge in [-0.1, -0.05) is 23.4 Å². The maximum Gasteiger partial charge on any atom is 0.258 e. The SMILES string of the molecule is CC(C)Oc1ccc(-c2nc(-c3cccc4c3CC[C@H]4NS(=O)(=O)CCN3CCC(O)CC3)no2)cc1C#N. The van der Waals surface area contributed by atoms with Gasteiger partial charge < -0.3 is 19.3 Å². The highest BCUT2D eigenvalue weighted by Crippen LogP contribution is 2.38. The summed E-state index contributed by atoms with van der Waals surface area (Å²) in [6, 6.07) is 12.7. The van der Waals surface area contributed by atoms with Crippen LogP contribution in [0.1, 0.15) is 55.8 Å². The molecule has 1 aromatic heterocycles. The third-order valence-corrected chi connectivity index (χ3v) is 8.57. The van der Waals surface area contributed by atoms with E-state index in [4.69, 9.17) is 9.26 Å². The Balaban J connectivity index is 1.30. The van der Waals surface area contributed by atoms with Gasteiger partial charge in [-0.3, -0.25) is 0 Å². The first kappa shape index (κ1) is 27.3. The van der Waals surface area contributed by atoms with Crippen LogP contribution in [0.2, 0.25) is 0 Å². The van der Waals surface area contributed by atoms with Crippen LogP contribution in [0.3, 0.4) is 0 Å². The fourth-order valence-corrected chi connectivity index (χ4v) is 6.51. The van der Waals surface area contributed by atoms with Crippen LogP contribution in [0.25, 0.3) is 22.8 Å². The van der Waals surface area contributed by atoms with E-state index < -0.39 is 10.0 Å². The van der Waals surface area contributed by atoms with Crippen molar-refractivity contribution in [3.8, 4) is 34.7 Å². The largest absolute Gasteiger partial charge is 0.490 e. The van der Waals surface area contributed by atoms with Crippen molar-refractivity contribution in [2.75, 3.05) is 25.4 Å². The van der Waals surface area contributed by atoms with Gasteiger partial charge in [0.2, 0.25) is 15.8 Å². The minimum Gasteiger partial charge on any atom is -0.490 e. The summed E-state index contributed by atoms with van der Waals surface area (Å²) in [7, 11) is -3.49. The van der Waals surface area contributed by atoms with Crippen LogP contribution >= 0.6 is 0 Å². The second-order valence-corrected chi connectivity index (χ2v) is 12.3. The molecule has 0 amide bonds. The highest BCUT2D eigenvalue weighted by molar-refractivity contribution is 7.89. The van der Waals surface area contributed by atoms with Crippen LogP contribution in [0.15, 0.2) is 40.9 Å². The molecule has 1 fully saturated rings. The average molecular weight is 552 g/mol. The average Bonchev–Trinajstić information content (AvgIpc) is 3.56. The summed E-state index contributed by atoms with van der Waals surface area (Å²) in [6.45, 7) is 5.68. The summed E-state index contributed by atoms with van der Waals surface area (Å²) >= 11 is 0. The first-order valence-corrected chi connectivity index (χ1v) is 14.9. The Morgan fingerprint density at radius 3 is 2.77 bits per heavy atom. The zero-order valence-electron chi connectivity index (χ0n) is 22.1. The van der Waals surface area contributed by atoms with E-state index in [1.165, 1.54) is 0 Å². The lowest BCUT2D eigenvalue weighted by molar-refractivity contribution is 0.0855. The van der Waals surface area contributed by atoms with Crippen molar-refractivity contribution in [1.82, 2.24) is 19.8 Å². The van der Waals surface area contributed by atoms with Crippen LogP contribution in [-0.4, -0.2) is 66.2 Å². The Bertz CT molecular complexity index is 1470. The molecule has 1 aliphatic heterocycles. The topological polar surface area (TPSA) is 142 Å². The van der Waals surface area contributed by atoms with Crippen LogP contribution in [-0.2, 0) is 16.4 Å². The van der Waals surface area contributed by atoms with E-state index >= 15 is 0 Å². The van der Waals surface area contributed by atoms with E-state index in [0.29, 0.717) is 68.0 Å². The standard InChI is InChI=1S/C28H33N5O5S/c1-18(2)37-26-9-6-19(16-20(26)17-29)28-30-27(31-38-28)24-5-3-4-23-22(24)7-8-25(23)32-39(35,36)15-14-33-12-10-21(34)11-13-33/h3-6,9,16,18,21,25,32,34H,7-8,10-15H2,1-2H3/t25-/m1/s1. The molecule has 10 nitrogen and oxygen atoms in total. The van der Waals surface area contributed by atoms with Crippen molar-refractivity contribution < 1.29 is 22.8 Å².